The quantitative estimate of drug-likeness (QED) is 0.792. The molecule has 114 valence electrons. The van der Waals surface area contributed by atoms with E-state index < -0.39 is 0 Å². The molecule has 0 spiro atoms. The van der Waals surface area contributed by atoms with E-state index in [1.54, 1.807) is 7.11 Å². The van der Waals surface area contributed by atoms with E-state index in [2.05, 4.69) is 55.2 Å². The molecule has 0 aliphatic rings. The van der Waals surface area contributed by atoms with Gasteiger partial charge in [0.2, 0.25) is 0 Å². The smallest absolute Gasteiger partial charge is 0.164 e. The fourth-order valence-corrected chi connectivity index (χ4v) is 2.38. The Bertz CT molecular complexity index is 585. The molecule has 0 aliphatic carbocycles. The summed E-state index contributed by atoms with van der Waals surface area (Å²) in [4.78, 5) is 0. The van der Waals surface area contributed by atoms with Gasteiger partial charge in [-0.05, 0) is 11.0 Å². The second kappa shape index (κ2) is 6.58. The van der Waals surface area contributed by atoms with Gasteiger partial charge in [-0.1, -0.05) is 45.0 Å². The van der Waals surface area contributed by atoms with Gasteiger partial charge in [-0.15, -0.1) is 21.8 Å². The molecule has 0 saturated carbocycles. The van der Waals surface area contributed by atoms with Crippen molar-refractivity contribution < 1.29 is 4.74 Å². The van der Waals surface area contributed by atoms with Crippen molar-refractivity contribution in [1.29, 1.82) is 0 Å². The third kappa shape index (κ3) is 3.63. The van der Waals surface area contributed by atoms with Gasteiger partial charge in [0.15, 0.2) is 5.82 Å². The van der Waals surface area contributed by atoms with Crippen LogP contribution in [0.4, 0.5) is 0 Å². The van der Waals surface area contributed by atoms with Crippen LogP contribution < -0.4 is 0 Å². The van der Waals surface area contributed by atoms with Gasteiger partial charge in [0.25, 0.3) is 0 Å². The van der Waals surface area contributed by atoms with Crippen molar-refractivity contribution in [3.63, 3.8) is 0 Å². The predicted molar refractivity (Wildman–Crippen MR) is 85.6 cm³/mol. The van der Waals surface area contributed by atoms with Gasteiger partial charge in [-0.2, -0.15) is 0 Å². The van der Waals surface area contributed by atoms with Crippen LogP contribution in [0, 0.1) is 0 Å². The Hall–Kier alpha value is -1.39. The van der Waals surface area contributed by atoms with E-state index in [-0.39, 0.29) is 5.41 Å². The van der Waals surface area contributed by atoms with Crippen LogP contribution in [0.15, 0.2) is 24.3 Å². The van der Waals surface area contributed by atoms with Crippen molar-refractivity contribution >= 4 is 11.6 Å². The minimum absolute atomic E-state index is 0.142. The first-order valence-electron chi connectivity index (χ1n) is 7.05. The van der Waals surface area contributed by atoms with Crippen LogP contribution in [0.1, 0.15) is 32.2 Å². The summed E-state index contributed by atoms with van der Waals surface area (Å²) in [5.41, 5.74) is 2.48. The molecule has 1 heterocycles. The molecule has 2 aromatic rings. The second-order valence-electron chi connectivity index (χ2n) is 6.05. The standard InChI is InChI=1S/C16H22ClN3O/c1-16(2,3)13-7-5-12(6-8-13)15-19-18-14(11-17)20(15)9-10-21-4/h5-8H,9-11H2,1-4H3. The number of halogens is 1. The van der Waals surface area contributed by atoms with E-state index in [4.69, 9.17) is 16.3 Å². The largest absolute Gasteiger partial charge is 0.383 e. The zero-order valence-corrected chi connectivity index (χ0v) is 13.8. The average Bonchev–Trinajstić information content (AvgIpc) is 2.87. The maximum absolute atomic E-state index is 5.93. The highest BCUT2D eigenvalue weighted by Crippen LogP contribution is 2.26. The Kier molecular flexibility index (Phi) is 5.01. The number of alkyl halides is 1. The topological polar surface area (TPSA) is 39.9 Å². The van der Waals surface area contributed by atoms with Crippen molar-refractivity contribution in [2.45, 2.75) is 38.6 Å². The van der Waals surface area contributed by atoms with Crippen LogP contribution in [0.2, 0.25) is 0 Å². The molecule has 0 unspecified atom stereocenters. The summed E-state index contributed by atoms with van der Waals surface area (Å²) in [7, 11) is 1.68. The maximum atomic E-state index is 5.93. The Morgan fingerprint density at radius 2 is 1.81 bits per heavy atom. The zero-order valence-electron chi connectivity index (χ0n) is 13.1. The molecule has 0 N–H and O–H groups in total. The Balaban J connectivity index is 2.35. The normalized spacial score (nSPS) is 11.9. The first-order valence-corrected chi connectivity index (χ1v) is 7.58. The van der Waals surface area contributed by atoms with E-state index in [9.17, 15) is 0 Å². The molecule has 2 rings (SSSR count). The van der Waals surface area contributed by atoms with Crippen LogP contribution in [-0.2, 0) is 22.6 Å². The van der Waals surface area contributed by atoms with Crippen LogP contribution in [0.25, 0.3) is 11.4 Å². The SMILES string of the molecule is COCCn1c(CCl)nnc1-c1ccc(C(C)(C)C)cc1. The second-order valence-corrected chi connectivity index (χ2v) is 6.31. The van der Waals surface area contributed by atoms with Gasteiger partial charge in [0.05, 0.1) is 12.5 Å². The summed E-state index contributed by atoms with van der Waals surface area (Å²) in [6, 6.07) is 8.47. The summed E-state index contributed by atoms with van der Waals surface area (Å²) in [5, 5.41) is 8.44. The minimum atomic E-state index is 0.142. The lowest BCUT2D eigenvalue weighted by Crippen LogP contribution is -2.11. The van der Waals surface area contributed by atoms with Crippen molar-refractivity contribution in [3.05, 3.63) is 35.7 Å². The zero-order chi connectivity index (χ0) is 15.5. The number of hydrogen-bond acceptors (Lipinski definition) is 3. The van der Waals surface area contributed by atoms with Gasteiger partial charge in [-0.25, -0.2) is 0 Å². The van der Waals surface area contributed by atoms with E-state index in [0.29, 0.717) is 19.0 Å². The number of methoxy groups -OCH3 is 1. The summed E-state index contributed by atoms with van der Waals surface area (Å²) in [6.07, 6.45) is 0. The number of aromatic nitrogens is 3. The predicted octanol–water partition coefficient (Wildman–Crippen LogP) is 3.63. The van der Waals surface area contributed by atoms with Crippen molar-refractivity contribution in [2.75, 3.05) is 13.7 Å². The number of benzene rings is 1. The molecule has 0 radical (unpaired) electrons. The highest BCUT2D eigenvalue weighted by molar-refractivity contribution is 6.16. The lowest BCUT2D eigenvalue weighted by molar-refractivity contribution is 0.187. The van der Waals surface area contributed by atoms with Crippen LogP contribution in [-0.4, -0.2) is 28.5 Å². The summed E-state index contributed by atoms with van der Waals surface area (Å²) in [6.45, 7) is 7.91. The molecule has 1 aromatic carbocycles. The summed E-state index contributed by atoms with van der Waals surface area (Å²) in [5.74, 6) is 1.95. The first kappa shape index (κ1) is 16.0. The third-order valence-electron chi connectivity index (χ3n) is 3.48. The molecule has 4 nitrogen and oxygen atoms in total. The van der Waals surface area contributed by atoms with Crippen LogP contribution in [0.5, 0.6) is 0 Å². The number of rotatable bonds is 5. The van der Waals surface area contributed by atoms with E-state index >= 15 is 0 Å². The van der Waals surface area contributed by atoms with Crippen molar-refractivity contribution in [3.8, 4) is 11.4 Å². The first-order chi connectivity index (χ1) is 9.97. The van der Waals surface area contributed by atoms with Gasteiger partial charge >= 0.3 is 0 Å². The monoisotopic (exact) mass is 307 g/mol. The molecule has 0 aliphatic heterocycles. The Labute approximate surface area is 131 Å². The number of ether oxygens (including phenoxy) is 1. The van der Waals surface area contributed by atoms with E-state index in [0.717, 1.165) is 17.2 Å². The molecule has 0 bridgehead atoms. The summed E-state index contributed by atoms with van der Waals surface area (Å²) < 4.78 is 7.17. The fraction of sp³-hybridized carbons (Fsp3) is 0.500. The highest BCUT2D eigenvalue weighted by atomic mass is 35.5. The fourth-order valence-electron chi connectivity index (χ4n) is 2.18. The molecule has 1 aromatic heterocycles. The lowest BCUT2D eigenvalue weighted by atomic mass is 9.87. The molecular formula is C16H22ClN3O. The van der Waals surface area contributed by atoms with Gasteiger partial charge in [0, 0.05) is 19.2 Å². The minimum Gasteiger partial charge on any atom is -0.383 e. The average molecular weight is 308 g/mol. The highest BCUT2D eigenvalue weighted by Gasteiger charge is 2.16. The third-order valence-corrected chi connectivity index (χ3v) is 3.71. The molecule has 0 saturated heterocycles. The molecule has 21 heavy (non-hydrogen) atoms. The molecule has 0 fully saturated rings. The molecule has 0 amide bonds. The molecule has 0 atom stereocenters. The van der Waals surface area contributed by atoms with Crippen LogP contribution >= 0.6 is 11.6 Å². The van der Waals surface area contributed by atoms with Gasteiger partial charge in [0.1, 0.15) is 5.82 Å². The maximum Gasteiger partial charge on any atom is 0.164 e. The molecular weight excluding hydrogens is 286 g/mol. The molecule has 5 heteroatoms. The van der Waals surface area contributed by atoms with Gasteiger partial charge < -0.3 is 9.30 Å². The number of hydrogen-bond donors (Lipinski definition) is 0. The van der Waals surface area contributed by atoms with Crippen LogP contribution in [0.3, 0.4) is 0 Å². The van der Waals surface area contributed by atoms with Crippen molar-refractivity contribution in [1.82, 2.24) is 14.8 Å². The van der Waals surface area contributed by atoms with E-state index in [1.165, 1.54) is 5.56 Å². The number of nitrogens with zero attached hydrogens (tertiary/aromatic N) is 3. The van der Waals surface area contributed by atoms with Crippen molar-refractivity contribution in [2.24, 2.45) is 0 Å². The summed E-state index contributed by atoms with van der Waals surface area (Å²) >= 11 is 5.93. The Morgan fingerprint density at radius 1 is 1.14 bits per heavy atom. The Morgan fingerprint density at radius 3 is 2.33 bits per heavy atom. The van der Waals surface area contributed by atoms with E-state index in [1.807, 2.05) is 4.57 Å². The van der Waals surface area contributed by atoms with Gasteiger partial charge in [-0.3, -0.25) is 0 Å². The lowest BCUT2D eigenvalue weighted by Gasteiger charge is -2.19.